The van der Waals surface area contributed by atoms with Gasteiger partial charge in [-0.1, -0.05) is 37.3 Å². The van der Waals surface area contributed by atoms with Crippen molar-refractivity contribution in [3.8, 4) is 0 Å². The minimum absolute atomic E-state index is 0.0482. The Morgan fingerprint density at radius 3 is 2.15 bits per heavy atom. The van der Waals surface area contributed by atoms with Crippen molar-refractivity contribution >= 4 is 23.0 Å². The number of hydrogen-bond donors (Lipinski definition) is 1. The number of rotatable bonds is 8. The second kappa shape index (κ2) is 8.70. The van der Waals surface area contributed by atoms with Gasteiger partial charge in [-0.05, 0) is 24.3 Å². The number of anilines is 1. The maximum Gasteiger partial charge on any atom is 0.278 e. The lowest BCUT2D eigenvalue weighted by Gasteiger charge is -2.11. The maximum atomic E-state index is 12.0. The summed E-state index contributed by atoms with van der Waals surface area (Å²) in [5.41, 5.74) is 0.369. The van der Waals surface area contributed by atoms with Gasteiger partial charge in [0.05, 0.1) is 21.6 Å². The first-order valence-corrected chi connectivity index (χ1v) is 8.15. The molecule has 0 radical (unpaired) electrons. The van der Waals surface area contributed by atoms with E-state index in [1.54, 1.807) is 0 Å². The van der Waals surface area contributed by atoms with Crippen LogP contribution in [0, 0.1) is 20.2 Å². The molecule has 1 N–H and O–H groups in total. The first-order chi connectivity index (χ1) is 12.4. The normalized spacial score (nSPS) is 11.6. The van der Waals surface area contributed by atoms with Gasteiger partial charge in [0, 0.05) is 18.6 Å². The Bertz CT molecular complexity index is 775. The highest BCUT2D eigenvalue weighted by atomic mass is 16.6. The molecule has 0 saturated carbocycles. The van der Waals surface area contributed by atoms with Crippen LogP contribution in [0.5, 0.6) is 0 Å². The van der Waals surface area contributed by atoms with Gasteiger partial charge in [0.2, 0.25) is 5.91 Å². The van der Waals surface area contributed by atoms with Gasteiger partial charge in [-0.3, -0.25) is 25.0 Å². The maximum absolute atomic E-state index is 12.0. The largest absolute Gasteiger partial charge is 0.326 e. The van der Waals surface area contributed by atoms with Crippen molar-refractivity contribution in [3.63, 3.8) is 0 Å². The van der Waals surface area contributed by atoms with E-state index in [0.29, 0.717) is 12.3 Å². The fourth-order valence-corrected chi connectivity index (χ4v) is 2.62. The first-order valence-electron chi connectivity index (χ1n) is 8.15. The molecule has 2 rings (SSSR count). The summed E-state index contributed by atoms with van der Waals surface area (Å²) in [5, 5.41) is 24.2. The molecule has 0 saturated heterocycles. The van der Waals surface area contributed by atoms with Crippen LogP contribution in [0.1, 0.15) is 37.7 Å². The minimum atomic E-state index is -0.732. The molecule has 0 aromatic heterocycles. The van der Waals surface area contributed by atoms with Crippen molar-refractivity contribution in [2.24, 2.45) is 0 Å². The van der Waals surface area contributed by atoms with E-state index in [0.717, 1.165) is 24.6 Å². The van der Waals surface area contributed by atoms with E-state index in [2.05, 4.69) is 12.2 Å². The molecule has 26 heavy (non-hydrogen) atoms. The molecule has 0 aliphatic rings. The summed E-state index contributed by atoms with van der Waals surface area (Å²) < 4.78 is 0. The predicted molar refractivity (Wildman–Crippen MR) is 97.1 cm³/mol. The Balaban J connectivity index is 1.93. The van der Waals surface area contributed by atoms with E-state index in [4.69, 9.17) is 0 Å². The molecule has 136 valence electrons. The highest BCUT2D eigenvalue weighted by Crippen LogP contribution is 2.26. The third-order valence-electron chi connectivity index (χ3n) is 4.02. The van der Waals surface area contributed by atoms with Crippen molar-refractivity contribution < 1.29 is 14.6 Å². The van der Waals surface area contributed by atoms with E-state index >= 15 is 0 Å². The molecule has 1 amide bonds. The summed E-state index contributed by atoms with van der Waals surface area (Å²) in [4.78, 5) is 32.3. The molecule has 1 unspecified atom stereocenters. The first kappa shape index (κ1) is 19.0. The zero-order chi connectivity index (χ0) is 19.1. The van der Waals surface area contributed by atoms with Crippen LogP contribution >= 0.6 is 0 Å². The van der Waals surface area contributed by atoms with Gasteiger partial charge in [0.15, 0.2) is 0 Å². The minimum Gasteiger partial charge on any atom is -0.326 e. The molecule has 0 aliphatic carbocycles. The lowest BCUT2D eigenvalue weighted by molar-refractivity contribution is -0.394. The molecule has 1 atom stereocenters. The quantitative estimate of drug-likeness (QED) is 0.555. The van der Waals surface area contributed by atoms with Crippen molar-refractivity contribution in [2.75, 3.05) is 5.32 Å². The summed E-state index contributed by atoms with van der Waals surface area (Å²) in [6.45, 7) is 2.08. The zero-order valence-electron chi connectivity index (χ0n) is 14.3. The van der Waals surface area contributed by atoms with Crippen LogP contribution in [0.25, 0.3) is 0 Å². The number of nitro groups is 2. The van der Waals surface area contributed by atoms with E-state index in [1.807, 2.05) is 30.3 Å². The molecule has 2 aromatic carbocycles. The van der Waals surface area contributed by atoms with Crippen molar-refractivity contribution in [3.05, 3.63) is 74.3 Å². The van der Waals surface area contributed by atoms with E-state index in [9.17, 15) is 25.0 Å². The van der Waals surface area contributed by atoms with E-state index in [1.165, 1.54) is 5.56 Å². The summed E-state index contributed by atoms with van der Waals surface area (Å²) in [5.74, 6) is -0.0250. The summed E-state index contributed by atoms with van der Waals surface area (Å²) in [6.07, 6.45) is 1.68. The fourth-order valence-electron chi connectivity index (χ4n) is 2.62. The molecule has 8 nitrogen and oxygen atoms in total. The second-order valence-corrected chi connectivity index (χ2v) is 6.00. The standard InChI is InChI=1S/C18H19N3O5/c1-13(14-7-3-2-4-8-14)6-5-9-18(22)19-15-10-16(20(23)24)12-17(11-15)21(25)26/h2-4,7-8,10-13H,5-6,9H2,1H3,(H,19,22). The van der Waals surface area contributed by atoms with Gasteiger partial charge in [0.1, 0.15) is 0 Å². The average molecular weight is 357 g/mol. The number of nitrogens with one attached hydrogen (secondary N) is 1. The van der Waals surface area contributed by atoms with E-state index in [-0.39, 0.29) is 18.0 Å². The van der Waals surface area contributed by atoms with Gasteiger partial charge in [-0.2, -0.15) is 0 Å². The molecule has 8 heteroatoms. The Labute approximate surface area is 150 Å². The molecular weight excluding hydrogens is 338 g/mol. The molecule has 0 spiro atoms. The lowest BCUT2D eigenvalue weighted by atomic mass is 9.95. The number of benzene rings is 2. The Kier molecular flexibility index (Phi) is 6.37. The topological polar surface area (TPSA) is 115 Å². The van der Waals surface area contributed by atoms with Crippen LogP contribution in [-0.4, -0.2) is 15.8 Å². The zero-order valence-corrected chi connectivity index (χ0v) is 14.3. The van der Waals surface area contributed by atoms with Gasteiger partial charge in [-0.25, -0.2) is 0 Å². The van der Waals surface area contributed by atoms with Gasteiger partial charge in [-0.15, -0.1) is 0 Å². The SMILES string of the molecule is CC(CCCC(=O)Nc1cc([N+](=O)[O-])cc([N+](=O)[O-])c1)c1ccccc1. The fraction of sp³-hybridized carbons (Fsp3) is 0.278. The van der Waals surface area contributed by atoms with Crippen LogP contribution in [0.4, 0.5) is 17.1 Å². The van der Waals surface area contributed by atoms with Crippen LogP contribution in [-0.2, 0) is 4.79 Å². The monoisotopic (exact) mass is 357 g/mol. The third kappa shape index (κ3) is 5.37. The average Bonchev–Trinajstić information content (AvgIpc) is 2.61. The van der Waals surface area contributed by atoms with Crippen molar-refractivity contribution in [1.82, 2.24) is 0 Å². The Morgan fingerprint density at radius 1 is 1.04 bits per heavy atom. The van der Waals surface area contributed by atoms with Crippen LogP contribution in [0.15, 0.2) is 48.5 Å². The number of hydrogen-bond acceptors (Lipinski definition) is 5. The predicted octanol–water partition coefficient (Wildman–Crippen LogP) is 4.42. The van der Waals surface area contributed by atoms with Gasteiger partial charge in [0.25, 0.3) is 11.4 Å². The summed E-state index contributed by atoms with van der Waals surface area (Å²) >= 11 is 0. The van der Waals surface area contributed by atoms with Crippen molar-refractivity contribution in [1.29, 1.82) is 0 Å². The van der Waals surface area contributed by atoms with Gasteiger partial charge < -0.3 is 5.32 Å². The van der Waals surface area contributed by atoms with Crippen molar-refractivity contribution in [2.45, 2.75) is 32.1 Å². The highest BCUT2D eigenvalue weighted by molar-refractivity contribution is 5.91. The molecule has 0 bridgehead atoms. The molecular formula is C18H19N3O5. The Hall–Kier alpha value is -3.29. The smallest absolute Gasteiger partial charge is 0.278 e. The summed E-state index contributed by atoms with van der Waals surface area (Å²) in [6, 6.07) is 13.0. The van der Waals surface area contributed by atoms with Crippen LogP contribution in [0.3, 0.4) is 0 Å². The summed E-state index contributed by atoms with van der Waals surface area (Å²) in [7, 11) is 0. The molecule has 0 aliphatic heterocycles. The van der Waals surface area contributed by atoms with E-state index < -0.39 is 21.2 Å². The lowest BCUT2D eigenvalue weighted by Crippen LogP contribution is -2.12. The number of nitro benzene ring substituents is 2. The number of non-ortho nitro benzene ring substituents is 2. The number of carbonyl (C=O) groups is 1. The highest BCUT2D eigenvalue weighted by Gasteiger charge is 2.17. The number of nitrogens with zero attached hydrogens (tertiary/aromatic N) is 2. The second-order valence-electron chi connectivity index (χ2n) is 6.00. The number of amides is 1. The van der Waals surface area contributed by atoms with Crippen LogP contribution in [0.2, 0.25) is 0 Å². The molecule has 2 aromatic rings. The molecule has 0 heterocycles. The Morgan fingerprint density at radius 2 is 1.62 bits per heavy atom. The van der Waals surface area contributed by atoms with Gasteiger partial charge >= 0.3 is 0 Å². The number of carbonyl (C=O) groups excluding carboxylic acids is 1. The molecule has 0 fully saturated rings. The van der Waals surface area contributed by atoms with Crippen LogP contribution < -0.4 is 5.32 Å². The third-order valence-corrected chi connectivity index (χ3v) is 4.02.